The van der Waals surface area contributed by atoms with Gasteiger partial charge in [-0.05, 0) is 25.7 Å². The highest BCUT2D eigenvalue weighted by Crippen LogP contribution is 2.32. The summed E-state index contributed by atoms with van der Waals surface area (Å²) in [6.07, 6.45) is 0. The van der Waals surface area contributed by atoms with Gasteiger partial charge in [-0.25, -0.2) is 0 Å². The maximum atomic E-state index is 5.85. The Labute approximate surface area is 110 Å². The van der Waals surface area contributed by atoms with Gasteiger partial charge in [-0.15, -0.1) is 0 Å². The molecule has 2 unspecified atom stereocenters. The van der Waals surface area contributed by atoms with Crippen LogP contribution in [0.2, 0.25) is 0 Å². The van der Waals surface area contributed by atoms with Gasteiger partial charge in [-0.1, -0.05) is 13.0 Å². The van der Waals surface area contributed by atoms with E-state index in [1.807, 2.05) is 26.2 Å². The molecule has 0 amide bonds. The third kappa shape index (κ3) is 3.15. The number of benzene rings is 1. The summed E-state index contributed by atoms with van der Waals surface area (Å²) in [5, 5.41) is 0. The van der Waals surface area contributed by atoms with Crippen molar-refractivity contribution in [2.75, 3.05) is 34.9 Å². The number of likely N-dealkylation sites (N-methyl/N-ethyl adjacent to an activating group) is 1. The summed E-state index contributed by atoms with van der Waals surface area (Å²) < 4.78 is 10.7. The van der Waals surface area contributed by atoms with Gasteiger partial charge in [0.25, 0.3) is 0 Å². The van der Waals surface area contributed by atoms with Gasteiger partial charge in [-0.2, -0.15) is 0 Å². The third-order valence-corrected chi connectivity index (χ3v) is 3.41. The monoisotopic (exact) mass is 252 g/mol. The maximum Gasteiger partial charge on any atom is 0.126 e. The van der Waals surface area contributed by atoms with Crippen LogP contribution in [0.25, 0.3) is 0 Å². The van der Waals surface area contributed by atoms with Crippen LogP contribution in [-0.4, -0.2) is 45.8 Å². The lowest BCUT2D eigenvalue weighted by molar-refractivity contribution is 0.263. The Bertz CT molecular complexity index is 380. The molecule has 0 radical (unpaired) electrons. The molecule has 0 fully saturated rings. The van der Waals surface area contributed by atoms with Crippen LogP contribution in [0.1, 0.15) is 18.4 Å². The molecule has 0 aliphatic rings. The summed E-state index contributed by atoms with van der Waals surface area (Å²) >= 11 is 0. The molecular weight excluding hydrogens is 228 g/mol. The Morgan fingerprint density at radius 1 is 1.22 bits per heavy atom. The van der Waals surface area contributed by atoms with Crippen LogP contribution in [0.15, 0.2) is 18.2 Å². The van der Waals surface area contributed by atoms with E-state index in [-0.39, 0.29) is 6.04 Å². The minimum absolute atomic E-state index is 0.285. The van der Waals surface area contributed by atoms with Crippen LogP contribution in [-0.2, 0) is 0 Å². The first-order chi connectivity index (χ1) is 8.54. The molecule has 0 aliphatic carbocycles. The molecule has 0 aromatic heterocycles. The first-order valence-corrected chi connectivity index (χ1v) is 6.13. The molecule has 4 nitrogen and oxygen atoms in total. The normalized spacial score (nSPS) is 14.4. The number of ether oxygens (including phenoxy) is 2. The Morgan fingerprint density at radius 3 is 2.33 bits per heavy atom. The molecule has 0 saturated heterocycles. The average Bonchev–Trinajstić information content (AvgIpc) is 2.38. The van der Waals surface area contributed by atoms with Crippen molar-refractivity contribution in [1.29, 1.82) is 0 Å². The van der Waals surface area contributed by atoms with Gasteiger partial charge in [0.1, 0.15) is 11.5 Å². The zero-order chi connectivity index (χ0) is 13.7. The molecule has 0 bridgehead atoms. The second-order valence-electron chi connectivity index (χ2n) is 4.66. The van der Waals surface area contributed by atoms with E-state index in [9.17, 15) is 0 Å². The van der Waals surface area contributed by atoms with E-state index in [4.69, 9.17) is 15.2 Å². The molecule has 18 heavy (non-hydrogen) atoms. The summed E-state index contributed by atoms with van der Waals surface area (Å²) in [6, 6.07) is 6.20. The predicted molar refractivity (Wildman–Crippen MR) is 74.5 cm³/mol. The molecule has 0 saturated carbocycles. The summed E-state index contributed by atoms with van der Waals surface area (Å²) in [5.41, 5.74) is 7.01. The van der Waals surface area contributed by atoms with E-state index < -0.39 is 0 Å². The van der Waals surface area contributed by atoms with Gasteiger partial charge >= 0.3 is 0 Å². The molecule has 1 aromatic carbocycles. The Balaban J connectivity index is 3.07. The molecule has 0 spiro atoms. The smallest absolute Gasteiger partial charge is 0.126 e. The fraction of sp³-hybridized carbons (Fsp3) is 0.571. The lowest BCUT2D eigenvalue weighted by Crippen LogP contribution is -2.39. The first-order valence-electron chi connectivity index (χ1n) is 6.13. The fourth-order valence-electron chi connectivity index (χ4n) is 2.26. The number of methoxy groups -OCH3 is 2. The SMILES string of the molecule is COc1ccc(C(C)C(CN)N(C)C)c(OC)c1. The standard InChI is InChI=1S/C14H24N2O2/c1-10(13(9-15)16(2)3)12-7-6-11(17-4)8-14(12)18-5/h6-8,10,13H,9,15H2,1-5H3. The largest absolute Gasteiger partial charge is 0.497 e. The highest BCUT2D eigenvalue weighted by molar-refractivity contribution is 5.43. The predicted octanol–water partition coefficient (Wildman–Crippen LogP) is 1.70. The second kappa shape index (κ2) is 6.61. The molecule has 102 valence electrons. The number of nitrogens with zero attached hydrogens (tertiary/aromatic N) is 1. The van der Waals surface area contributed by atoms with Gasteiger partial charge in [0.05, 0.1) is 14.2 Å². The number of rotatable bonds is 6. The van der Waals surface area contributed by atoms with Gasteiger partial charge in [0.15, 0.2) is 0 Å². The van der Waals surface area contributed by atoms with Gasteiger partial charge in [-0.3, -0.25) is 0 Å². The zero-order valence-electron chi connectivity index (χ0n) is 11.9. The summed E-state index contributed by atoms with van der Waals surface area (Å²) in [5.74, 6) is 1.95. The van der Waals surface area contributed by atoms with Crippen LogP contribution < -0.4 is 15.2 Å². The van der Waals surface area contributed by atoms with Crippen molar-refractivity contribution in [2.45, 2.75) is 18.9 Å². The fourth-order valence-corrected chi connectivity index (χ4v) is 2.26. The van der Waals surface area contributed by atoms with Crippen molar-refractivity contribution < 1.29 is 9.47 Å². The molecule has 0 aliphatic heterocycles. The number of hydrogen-bond donors (Lipinski definition) is 1. The number of hydrogen-bond acceptors (Lipinski definition) is 4. The Kier molecular flexibility index (Phi) is 5.44. The molecule has 4 heteroatoms. The van der Waals surface area contributed by atoms with E-state index in [2.05, 4.69) is 17.9 Å². The zero-order valence-corrected chi connectivity index (χ0v) is 11.9. The lowest BCUT2D eigenvalue weighted by atomic mass is 9.91. The van der Waals surface area contributed by atoms with E-state index in [0.717, 1.165) is 17.1 Å². The summed E-state index contributed by atoms with van der Waals surface area (Å²) in [6.45, 7) is 2.78. The van der Waals surface area contributed by atoms with E-state index in [1.54, 1.807) is 14.2 Å². The van der Waals surface area contributed by atoms with Crippen LogP contribution in [0.5, 0.6) is 11.5 Å². The van der Waals surface area contributed by atoms with Crippen molar-refractivity contribution in [3.8, 4) is 11.5 Å². The topological polar surface area (TPSA) is 47.7 Å². The third-order valence-electron chi connectivity index (χ3n) is 3.41. The van der Waals surface area contributed by atoms with Crippen LogP contribution in [0.3, 0.4) is 0 Å². The van der Waals surface area contributed by atoms with Crippen molar-refractivity contribution in [3.05, 3.63) is 23.8 Å². The first kappa shape index (κ1) is 14.8. The van der Waals surface area contributed by atoms with E-state index >= 15 is 0 Å². The molecule has 1 aromatic rings. The van der Waals surface area contributed by atoms with Gasteiger partial charge in [0.2, 0.25) is 0 Å². The van der Waals surface area contributed by atoms with Crippen LogP contribution in [0, 0.1) is 0 Å². The molecule has 0 heterocycles. The molecule has 2 N–H and O–H groups in total. The highest BCUT2D eigenvalue weighted by atomic mass is 16.5. The van der Waals surface area contributed by atoms with E-state index in [0.29, 0.717) is 12.5 Å². The van der Waals surface area contributed by atoms with Crippen molar-refractivity contribution >= 4 is 0 Å². The Hall–Kier alpha value is -1.26. The Morgan fingerprint density at radius 2 is 1.89 bits per heavy atom. The van der Waals surface area contributed by atoms with Crippen molar-refractivity contribution in [3.63, 3.8) is 0 Å². The highest BCUT2D eigenvalue weighted by Gasteiger charge is 2.22. The molecule has 2 atom stereocenters. The van der Waals surface area contributed by atoms with E-state index in [1.165, 1.54) is 0 Å². The minimum atomic E-state index is 0.285. The van der Waals surface area contributed by atoms with Crippen LogP contribution >= 0.6 is 0 Å². The van der Waals surface area contributed by atoms with Crippen molar-refractivity contribution in [2.24, 2.45) is 5.73 Å². The summed E-state index contributed by atoms with van der Waals surface area (Å²) in [7, 11) is 7.42. The average molecular weight is 252 g/mol. The maximum absolute atomic E-state index is 5.85. The molecule has 1 rings (SSSR count). The quantitative estimate of drug-likeness (QED) is 0.837. The van der Waals surface area contributed by atoms with Gasteiger partial charge < -0.3 is 20.1 Å². The van der Waals surface area contributed by atoms with Crippen molar-refractivity contribution in [1.82, 2.24) is 4.90 Å². The number of nitrogens with two attached hydrogens (primary N) is 1. The van der Waals surface area contributed by atoms with Gasteiger partial charge in [0, 0.05) is 24.6 Å². The van der Waals surface area contributed by atoms with Crippen LogP contribution in [0.4, 0.5) is 0 Å². The molecular formula is C14H24N2O2. The second-order valence-corrected chi connectivity index (χ2v) is 4.66. The minimum Gasteiger partial charge on any atom is -0.497 e. The summed E-state index contributed by atoms with van der Waals surface area (Å²) in [4.78, 5) is 2.15. The lowest BCUT2D eigenvalue weighted by Gasteiger charge is -2.30.